The van der Waals surface area contributed by atoms with Gasteiger partial charge in [-0.2, -0.15) is 5.10 Å². The fraction of sp³-hybridized carbons (Fsp3) is 0.824. The molecule has 1 N–H and O–H groups in total. The van der Waals surface area contributed by atoms with Crippen molar-refractivity contribution in [3.8, 4) is 0 Å². The lowest BCUT2D eigenvalue weighted by atomic mass is 9.91. The zero-order chi connectivity index (χ0) is 15.2. The molecule has 1 saturated heterocycles. The van der Waals surface area contributed by atoms with Crippen LogP contribution in [0.5, 0.6) is 0 Å². The van der Waals surface area contributed by atoms with E-state index in [1.54, 1.807) is 0 Å². The number of hydrogen-bond acceptors (Lipinski definition) is 3. The van der Waals surface area contributed by atoms with Gasteiger partial charge in [0.15, 0.2) is 0 Å². The van der Waals surface area contributed by atoms with Crippen molar-refractivity contribution in [1.82, 2.24) is 20.0 Å². The molecule has 2 rings (SSSR count). The monoisotopic (exact) mass is 292 g/mol. The summed E-state index contributed by atoms with van der Waals surface area (Å²) >= 11 is 0. The first-order valence-corrected chi connectivity index (χ1v) is 8.63. The van der Waals surface area contributed by atoms with Crippen LogP contribution in [-0.2, 0) is 13.1 Å². The summed E-state index contributed by atoms with van der Waals surface area (Å²) in [6.45, 7) is 14.4. The van der Waals surface area contributed by atoms with Crippen LogP contribution in [0.15, 0.2) is 6.07 Å². The van der Waals surface area contributed by atoms with Crippen molar-refractivity contribution < 1.29 is 0 Å². The molecule has 1 aliphatic heterocycles. The van der Waals surface area contributed by atoms with Crippen LogP contribution < -0.4 is 5.32 Å². The van der Waals surface area contributed by atoms with Gasteiger partial charge >= 0.3 is 0 Å². The predicted octanol–water partition coefficient (Wildman–Crippen LogP) is 2.81. The summed E-state index contributed by atoms with van der Waals surface area (Å²) in [7, 11) is 0. The number of nitrogens with zero attached hydrogens (tertiary/aromatic N) is 3. The number of hydrogen-bond donors (Lipinski definition) is 1. The fourth-order valence-corrected chi connectivity index (χ4v) is 3.41. The highest BCUT2D eigenvalue weighted by Gasteiger charge is 2.24. The van der Waals surface area contributed by atoms with Crippen molar-refractivity contribution in [2.24, 2.45) is 5.92 Å². The summed E-state index contributed by atoms with van der Waals surface area (Å²) in [6, 6.07) is 2.87. The molecule has 120 valence electrons. The molecular formula is C17H32N4. The third kappa shape index (κ3) is 4.55. The molecule has 1 aliphatic rings. The molecule has 0 aliphatic carbocycles. The Labute approximate surface area is 129 Å². The summed E-state index contributed by atoms with van der Waals surface area (Å²) in [4.78, 5) is 2.61. The van der Waals surface area contributed by atoms with Crippen LogP contribution in [0.25, 0.3) is 0 Å². The highest BCUT2D eigenvalue weighted by Crippen LogP contribution is 2.21. The van der Waals surface area contributed by atoms with E-state index in [0.717, 1.165) is 31.2 Å². The molecule has 0 amide bonds. The lowest BCUT2D eigenvalue weighted by Crippen LogP contribution is -2.44. The van der Waals surface area contributed by atoms with Crippen LogP contribution in [0.2, 0.25) is 0 Å². The van der Waals surface area contributed by atoms with Gasteiger partial charge in [-0.15, -0.1) is 0 Å². The van der Waals surface area contributed by atoms with E-state index in [2.05, 4.69) is 53.8 Å². The van der Waals surface area contributed by atoms with Crippen molar-refractivity contribution in [1.29, 1.82) is 0 Å². The third-order valence-corrected chi connectivity index (χ3v) is 4.64. The van der Waals surface area contributed by atoms with E-state index in [-0.39, 0.29) is 0 Å². The van der Waals surface area contributed by atoms with Crippen molar-refractivity contribution in [3.05, 3.63) is 17.5 Å². The minimum absolute atomic E-state index is 0.630. The standard InChI is InChI=1S/C17H32N4/c1-5-9-18-15(4)16-8-7-10-20(12-16)13-17-11-14(3)19-21(17)6-2/h11,15-16,18H,5-10,12-13H2,1-4H3. The minimum Gasteiger partial charge on any atom is -0.314 e. The van der Waals surface area contributed by atoms with Gasteiger partial charge in [-0.25, -0.2) is 0 Å². The van der Waals surface area contributed by atoms with Gasteiger partial charge in [-0.3, -0.25) is 9.58 Å². The first kappa shape index (κ1) is 16.5. The second-order valence-electron chi connectivity index (χ2n) is 6.47. The van der Waals surface area contributed by atoms with Gasteiger partial charge < -0.3 is 5.32 Å². The Kier molecular flexibility index (Phi) is 6.24. The molecule has 1 aromatic rings. The number of rotatable bonds is 7. The lowest BCUT2D eigenvalue weighted by Gasteiger charge is -2.36. The van der Waals surface area contributed by atoms with E-state index < -0.39 is 0 Å². The van der Waals surface area contributed by atoms with Gasteiger partial charge in [0.1, 0.15) is 0 Å². The van der Waals surface area contributed by atoms with Gasteiger partial charge in [0.25, 0.3) is 0 Å². The highest BCUT2D eigenvalue weighted by atomic mass is 15.3. The van der Waals surface area contributed by atoms with E-state index in [0.29, 0.717) is 6.04 Å². The molecule has 1 aromatic heterocycles. The van der Waals surface area contributed by atoms with E-state index in [1.807, 2.05) is 0 Å². The van der Waals surface area contributed by atoms with Crippen molar-refractivity contribution >= 4 is 0 Å². The maximum Gasteiger partial charge on any atom is 0.0597 e. The second kappa shape index (κ2) is 7.95. The van der Waals surface area contributed by atoms with Gasteiger partial charge in [0.05, 0.1) is 11.4 Å². The second-order valence-corrected chi connectivity index (χ2v) is 6.47. The summed E-state index contributed by atoms with van der Waals surface area (Å²) < 4.78 is 2.15. The van der Waals surface area contributed by atoms with Gasteiger partial charge in [-0.05, 0) is 65.1 Å². The van der Waals surface area contributed by atoms with Gasteiger partial charge in [0, 0.05) is 25.7 Å². The van der Waals surface area contributed by atoms with Crippen molar-refractivity contribution in [2.45, 2.75) is 66.1 Å². The Morgan fingerprint density at radius 3 is 2.95 bits per heavy atom. The molecule has 4 nitrogen and oxygen atoms in total. The SMILES string of the molecule is CCCNC(C)C1CCCN(Cc2cc(C)nn2CC)C1. The molecule has 0 saturated carbocycles. The number of aromatic nitrogens is 2. The van der Waals surface area contributed by atoms with E-state index in [4.69, 9.17) is 0 Å². The van der Waals surface area contributed by atoms with E-state index in [1.165, 1.54) is 38.0 Å². The Bertz CT molecular complexity index is 426. The van der Waals surface area contributed by atoms with E-state index in [9.17, 15) is 0 Å². The van der Waals surface area contributed by atoms with Crippen molar-refractivity contribution in [3.63, 3.8) is 0 Å². The van der Waals surface area contributed by atoms with Crippen LogP contribution in [0.3, 0.4) is 0 Å². The summed E-state index contributed by atoms with van der Waals surface area (Å²) in [5.41, 5.74) is 2.50. The maximum atomic E-state index is 4.57. The molecule has 2 atom stereocenters. The number of likely N-dealkylation sites (tertiary alicyclic amines) is 1. The fourth-order valence-electron chi connectivity index (χ4n) is 3.41. The molecule has 0 bridgehead atoms. The zero-order valence-corrected chi connectivity index (χ0v) is 14.2. The number of piperidine rings is 1. The molecular weight excluding hydrogens is 260 g/mol. The van der Waals surface area contributed by atoms with Crippen molar-refractivity contribution in [2.75, 3.05) is 19.6 Å². The third-order valence-electron chi connectivity index (χ3n) is 4.64. The molecule has 4 heteroatoms. The average Bonchev–Trinajstić information content (AvgIpc) is 2.84. The molecule has 21 heavy (non-hydrogen) atoms. The maximum absolute atomic E-state index is 4.57. The van der Waals surface area contributed by atoms with Gasteiger partial charge in [-0.1, -0.05) is 6.92 Å². The Morgan fingerprint density at radius 1 is 1.43 bits per heavy atom. The molecule has 2 heterocycles. The molecule has 0 radical (unpaired) electrons. The first-order chi connectivity index (χ1) is 10.1. The quantitative estimate of drug-likeness (QED) is 0.839. The zero-order valence-electron chi connectivity index (χ0n) is 14.2. The summed E-state index contributed by atoms with van der Waals surface area (Å²) in [6.07, 6.45) is 3.90. The summed E-state index contributed by atoms with van der Waals surface area (Å²) in [5, 5.41) is 8.24. The molecule has 2 unspecified atom stereocenters. The number of nitrogens with one attached hydrogen (secondary N) is 1. The highest BCUT2D eigenvalue weighted by molar-refractivity contribution is 5.09. The lowest BCUT2D eigenvalue weighted by molar-refractivity contribution is 0.141. The molecule has 0 aromatic carbocycles. The minimum atomic E-state index is 0.630. The predicted molar refractivity (Wildman–Crippen MR) is 88.4 cm³/mol. The van der Waals surface area contributed by atoms with Crippen LogP contribution in [0.1, 0.15) is 51.4 Å². The average molecular weight is 292 g/mol. The van der Waals surface area contributed by atoms with Crippen LogP contribution in [0.4, 0.5) is 0 Å². The molecule has 0 spiro atoms. The normalized spacial score (nSPS) is 21.6. The topological polar surface area (TPSA) is 33.1 Å². The van der Waals surface area contributed by atoms with Crippen LogP contribution in [-0.4, -0.2) is 40.4 Å². The first-order valence-electron chi connectivity index (χ1n) is 8.63. The Hall–Kier alpha value is -0.870. The van der Waals surface area contributed by atoms with E-state index >= 15 is 0 Å². The smallest absolute Gasteiger partial charge is 0.0597 e. The number of aryl methyl sites for hydroxylation is 2. The largest absolute Gasteiger partial charge is 0.314 e. The molecule has 1 fully saturated rings. The Morgan fingerprint density at radius 2 is 2.24 bits per heavy atom. The van der Waals surface area contributed by atoms with Gasteiger partial charge in [0.2, 0.25) is 0 Å². The van der Waals surface area contributed by atoms with Crippen LogP contribution >= 0.6 is 0 Å². The van der Waals surface area contributed by atoms with Crippen LogP contribution in [0, 0.1) is 12.8 Å². The Balaban J connectivity index is 1.91. The summed E-state index contributed by atoms with van der Waals surface area (Å²) in [5.74, 6) is 0.782.